The molecule has 0 amide bonds. The summed E-state index contributed by atoms with van der Waals surface area (Å²) in [4.78, 5) is 4.28. The quantitative estimate of drug-likeness (QED) is 0.878. The molecule has 5 heteroatoms. The molecule has 18 heavy (non-hydrogen) atoms. The Labute approximate surface area is 106 Å². The molecule has 0 saturated carbocycles. The van der Waals surface area contributed by atoms with Gasteiger partial charge in [0.2, 0.25) is 11.7 Å². The standard InChI is InChI=1S/C13H17N3O2/c1-9(2)17-11-6-4-10(5-7-11)13-15-12(8-14-3)18-16-13/h4-7,9,14H,8H2,1-3H3. The van der Waals surface area contributed by atoms with Gasteiger partial charge in [0, 0.05) is 5.56 Å². The van der Waals surface area contributed by atoms with Gasteiger partial charge >= 0.3 is 0 Å². The van der Waals surface area contributed by atoms with Gasteiger partial charge in [-0.1, -0.05) is 5.16 Å². The van der Waals surface area contributed by atoms with Crippen LogP contribution in [0.5, 0.6) is 5.75 Å². The SMILES string of the molecule is CNCc1nc(-c2ccc(OC(C)C)cc2)no1. The van der Waals surface area contributed by atoms with Crippen LogP contribution in [0.3, 0.4) is 0 Å². The number of hydrogen-bond acceptors (Lipinski definition) is 5. The molecular weight excluding hydrogens is 230 g/mol. The van der Waals surface area contributed by atoms with E-state index in [1.165, 1.54) is 0 Å². The summed E-state index contributed by atoms with van der Waals surface area (Å²) in [7, 11) is 1.84. The fraction of sp³-hybridized carbons (Fsp3) is 0.385. The number of nitrogens with one attached hydrogen (secondary N) is 1. The van der Waals surface area contributed by atoms with Crippen LogP contribution in [0, 0.1) is 0 Å². The summed E-state index contributed by atoms with van der Waals surface area (Å²) in [5, 5.41) is 6.89. The van der Waals surface area contributed by atoms with Gasteiger partial charge in [-0.3, -0.25) is 0 Å². The minimum atomic E-state index is 0.170. The van der Waals surface area contributed by atoms with Crippen LogP contribution in [-0.4, -0.2) is 23.3 Å². The Hall–Kier alpha value is -1.88. The lowest BCUT2D eigenvalue weighted by Crippen LogP contribution is -2.05. The molecule has 0 unspecified atom stereocenters. The van der Waals surface area contributed by atoms with Gasteiger partial charge in [0.15, 0.2) is 0 Å². The maximum absolute atomic E-state index is 5.57. The van der Waals surface area contributed by atoms with Gasteiger partial charge in [0.05, 0.1) is 12.6 Å². The molecule has 1 aromatic carbocycles. The molecule has 2 rings (SSSR count). The van der Waals surface area contributed by atoms with Gasteiger partial charge < -0.3 is 14.6 Å². The molecule has 2 aromatic rings. The largest absolute Gasteiger partial charge is 0.491 e. The summed E-state index contributed by atoms with van der Waals surface area (Å²) in [6.45, 7) is 4.57. The molecule has 0 atom stereocenters. The molecular formula is C13H17N3O2. The molecule has 96 valence electrons. The van der Waals surface area contributed by atoms with Crippen molar-refractivity contribution in [1.82, 2.24) is 15.5 Å². The Morgan fingerprint density at radius 1 is 1.28 bits per heavy atom. The summed E-state index contributed by atoms with van der Waals surface area (Å²) in [5.74, 6) is 2.01. The average Bonchev–Trinajstić information content (AvgIpc) is 2.78. The van der Waals surface area contributed by atoms with Gasteiger partial charge in [-0.25, -0.2) is 0 Å². The summed E-state index contributed by atoms with van der Waals surface area (Å²) in [5.41, 5.74) is 0.914. The predicted octanol–water partition coefficient (Wildman–Crippen LogP) is 2.24. The molecule has 0 aliphatic rings. The first-order valence-corrected chi connectivity index (χ1v) is 5.93. The third-order valence-corrected chi connectivity index (χ3v) is 2.28. The highest BCUT2D eigenvalue weighted by Crippen LogP contribution is 2.20. The van der Waals surface area contributed by atoms with Crippen LogP contribution in [0.25, 0.3) is 11.4 Å². The Morgan fingerprint density at radius 3 is 2.61 bits per heavy atom. The lowest BCUT2D eigenvalue weighted by atomic mass is 10.2. The number of nitrogens with zero attached hydrogens (tertiary/aromatic N) is 2. The fourth-order valence-electron chi connectivity index (χ4n) is 1.55. The smallest absolute Gasteiger partial charge is 0.240 e. The highest BCUT2D eigenvalue weighted by atomic mass is 16.5. The van der Waals surface area contributed by atoms with Gasteiger partial charge in [0.1, 0.15) is 5.75 Å². The average molecular weight is 247 g/mol. The van der Waals surface area contributed by atoms with Crippen LogP contribution < -0.4 is 10.1 Å². The lowest BCUT2D eigenvalue weighted by molar-refractivity contribution is 0.242. The third kappa shape index (κ3) is 3.07. The molecule has 0 aliphatic carbocycles. The molecule has 0 spiro atoms. The predicted molar refractivity (Wildman–Crippen MR) is 68.3 cm³/mol. The summed E-state index contributed by atoms with van der Waals surface area (Å²) >= 11 is 0. The minimum absolute atomic E-state index is 0.170. The highest BCUT2D eigenvalue weighted by molar-refractivity contribution is 5.55. The monoisotopic (exact) mass is 247 g/mol. The van der Waals surface area contributed by atoms with Crippen molar-refractivity contribution < 1.29 is 9.26 Å². The van der Waals surface area contributed by atoms with Gasteiger partial charge in [-0.05, 0) is 45.2 Å². The normalized spacial score (nSPS) is 10.9. The van der Waals surface area contributed by atoms with E-state index < -0.39 is 0 Å². The fourth-order valence-corrected chi connectivity index (χ4v) is 1.55. The molecule has 1 N–H and O–H groups in total. The molecule has 0 fully saturated rings. The second kappa shape index (κ2) is 5.64. The summed E-state index contributed by atoms with van der Waals surface area (Å²) in [6, 6.07) is 7.66. The van der Waals surface area contributed by atoms with Crippen molar-refractivity contribution in [3.63, 3.8) is 0 Å². The number of benzene rings is 1. The Morgan fingerprint density at radius 2 is 2.00 bits per heavy atom. The van der Waals surface area contributed by atoms with E-state index in [1.807, 2.05) is 45.2 Å². The number of aromatic nitrogens is 2. The molecule has 5 nitrogen and oxygen atoms in total. The highest BCUT2D eigenvalue weighted by Gasteiger charge is 2.08. The molecule has 0 radical (unpaired) electrons. The van der Waals surface area contributed by atoms with Crippen LogP contribution in [0.15, 0.2) is 28.8 Å². The van der Waals surface area contributed by atoms with Crippen molar-refractivity contribution in [2.24, 2.45) is 0 Å². The van der Waals surface area contributed by atoms with Gasteiger partial charge in [-0.2, -0.15) is 4.98 Å². The van der Waals surface area contributed by atoms with Crippen LogP contribution >= 0.6 is 0 Å². The zero-order chi connectivity index (χ0) is 13.0. The molecule has 0 bridgehead atoms. The molecule has 0 aliphatic heterocycles. The maximum Gasteiger partial charge on any atom is 0.240 e. The van der Waals surface area contributed by atoms with Crippen molar-refractivity contribution in [2.45, 2.75) is 26.5 Å². The van der Waals surface area contributed by atoms with E-state index in [4.69, 9.17) is 9.26 Å². The summed E-state index contributed by atoms with van der Waals surface area (Å²) in [6.07, 6.45) is 0.170. The van der Waals surface area contributed by atoms with Crippen molar-refractivity contribution in [3.05, 3.63) is 30.2 Å². The van der Waals surface area contributed by atoms with E-state index >= 15 is 0 Å². The first kappa shape index (κ1) is 12.6. The zero-order valence-corrected chi connectivity index (χ0v) is 10.8. The zero-order valence-electron chi connectivity index (χ0n) is 10.8. The maximum atomic E-state index is 5.57. The number of hydrogen-bond donors (Lipinski definition) is 1. The summed E-state index contributed by atoms with van der Waals surface area (Å²) < 4.78 is 10.7. The van der Waals surface area contributed by atoms with Crippen LogP contribution in [-0.2, 0) is 6.54 Å². The van der Waals surface area contributed by atoms with E-state index in [0.717, 1.165) is 11.3 Å². The van der Waals surface area contributed by atoms with Gasteiger partial charge in [0.25, 0.3) is 0 Å². The van der Waals surface area contributed by atoms with E-state index in [9.17, 15) is 0 Å². The van der Waals surface area contributed by atoms with Crippen molar-refractivity contribution in [1.29, 1.82) is 0 Å². The van der Waals surface area contributed by atoms with Crippen molar-refractivity contribution >= 4 is 0 Å². The number of ether oxygens (including phenoxy) is 1. The van der Waals surface area contributed by atoms with Crippen molar-refractivity contribution in [2.75, 3.05) is 7.05 Å². The Bertz CT molecular complexity index is 491. The van der Waals surface area contributed by atoms with Crippen molar-refractivity contribution in [3.8, 4) is 17.1 Å². The molecule has 1 aromatic heterocycles. The second-order valence-electron chi connectivity index (χ2n) is 4.23. The van der Waals surface area contributed by atoms with E-state index in [2.05, 4.69) is 15.5 Å². The third-order valence-electron chi connectivity index (χ3n) is 2.28. The van der Waals surface area contributed by atoms with Crippen LogP contribution in [0.2, 0.25) is 0 Å². The van der Waals surface area contributed by atoms with E-state index in [1.54, 1.807) is 0 Å². The van der Waals surface area contributed by atoms with Crippen LogP contribution in [0.4, 0.5) is 0 Å². The Balaban J connectivity index is 2.12. The lowest BCUT2D eigenvalue weighted by Gasteiger charge is -2.09. The second-order valence-corrected chi connectivity index (χ2v) is 4.23. The molecule has 1 heterocycles. The van der Waals surface area contributed by atoms with E-state index in [0.29, 0.717) is 18.3 Å². The minimum Gasteiger partial charge on any atom is -0.491 e. The topological polar surface area (TPSA) is 60.2 Å². The molecule has 0 saturated heterocycles. The Kier molecular flexibility index (Phi) is 3.94. The van der Waals surface area contributed by atoms with E-state index in [-0.39, 0.29) is 6.10 Å². The first-order chi connectivity index (χ1) is 8.69. The first-order valence-electron chi connectivity index (χ1n) is 5.93. The van der Waals surface area contributed by atoms with Crippen LogP contribution in [0.1, 0.15) is 19.7 Å². The number of rotatable bonds is 5. The van der Waals surface area contributed by atoms with Gasteiger partial charge in [-0.15, -0.1) is 0 Å².